The lowest BCUT2D eigenvalue weighted by Crippen LogP contribution is -2.51. The molecule has 0 amide bonds. The lowest BCUT2D eigenvalue weighted by Gasteiger charge is -2.40. The second-order valence-electron chi connectivity index (χ2n) is 17.4. The van der Waals surface area contributed by atoms with Crippen LogP contribution in [-0.2, 0) is 13.1 Å². The van der Waals surface area contributed by atoms with E-state index in [0.717, 1.165) is 6.42 Å². The summed E-state index contributed by atoms with van der Waals surface area (Å²) in [6, 6.07) is 13.3. The number of aromatic nitrogens is 2. The van der Waals surface area contributed by atoms with Crippen LogP contribution in [0.5, 0.6) is 11.5 Å². The fraction of sp³-hybridized carbons (Fsp3) is 0.429. The number of aliphatic hydroxyl groups excluding tert-OH is 2. The average molecular weight is 857 g/mol. The molecule has 4 unspecified atom stereocenters. The van der Waals surface area contributed by atoms with E-state index in [1.54, 1.807) is 80.0 Å². The Morgan fingerprint density at radius 3 is 1.97 bits per heavy atom. The van der Waals surface area contributed by atoms with Gasteiger partial charge in [0.05, 0.1) is 36.9 Å². The first kappa shape index (κ1) is 45.1. The third kappa shape index (κ3) is 7.98. The maximum Gasteiger partial charge on any atom is 0.243 e. The third-order valence-electron chi connectivity index (χ3n) is 13.8. The largest absolute Gasteiger partial charge is 0.497 e. The number of piperidine rings is 1. The normalized spacial score (nSPS) is 22.9. The topological polar surface area (TPSA) is 110 Å². The molecule has 2 aliphatic heterocycles. The van der Waals surface area contributed by atoms with Crippen molar-refractivity contribution >= 4 is 21.8 Å². The molecule has 2 fully saturated rings. The predicted molar refractivity (Wildman–Crippen MR) is 233 cm³/mol. The number of allylic oxidation sites excluding steroid dienone is 1. The summed E-state index contributed by atoms with van der Waals surface area (Å²) in [4.78, 5) is 10.4. The minimum atomic E-state index is -1.51. The van der Waals surface area contributed by atoms with E-state index in [1.807, 2.05) is 19.1 Å². The number of pyridine rings is 2. The minimum absolute atomic E-state index is 0.0293. The first-order valence-electron chi connectivity index (χ1n) is 21.3. The Balaban J connectivity index is 1.24. The molecule has 0 bridgehead atoms. The minimum Gasteiger partial charge on any atom is -0.497 e. The Labute approximate surface area is 361 Å². The molecule has 2 aliphatic rings. The highest BCUT2D eigenvalue weighted by molar-refractivity contribution is 5.84. The van der Waals surface area contributed by atoms with Crippen molar-refractivity contribution in [1.82, 2.24) is 20.3 Å². The highest BCUT2D eigenvalue weighted by Gasteiger charge is 2.77. The highest BCUT2D eigenvalue weighted by Crippen LogP contribution is 2.58. The average Bonchev–Trinajstić information content (AvgIpc) is 3.96. The van der Waals surface area contributed by atoms with Gasteiger partial charge < -0.3 is 19.7 Å². The molecule has 5 aromatic rings. The summed E-state index contributed by atoms with van der Waals surface area (Å²) in [7, 11) is 4.66. The smallest absolute Gasteiger partial charge is 0.243 e. The predicted octanol–water partition coefficient (Wildman–Crippen LogP) is 9.63. The van der Waals surface area contributed by atoms with Crippen LogP contribution in [0.25, 0.3) is 21.8 Å². The highest BCUT2D eigenvalue weighted by atomic mass is 19.2. The van der Waals surface area contributed by atoms with Crippen molar-refractivity contribution in [2.24, 2.45) is 23.7 Å². The van der Waals surface area contributed by atoms with Crippen LogP contribution in [0.4, 0.5) is 17.6 Å². The summed E-state index contributed by atoms with van der Waals surface area (Å²) < 4.78 is 76.9. The molecule has 13 heteroatoms. The van der Waals surface area contributed by atoms with E-state index in [1.165, 1.54) is 7.11 Å². The number of likely N-dealkylation sites (N-methyl/N-ethyl adjacent to an activating group) is 1. The molecule has 2 saturated heterocycles. The molecule has 4 heterocycles. The number of hydrogen-bond donors (Lipinski definition) is 3. The van der Waals surface area contributed by atoms with Gasteiger partial charge in [-0.25, -0.2) is 22.2 Å². The maximum atomic E-state index is 16.6. The summed E-state index contributed by atoms with van der Waals surface area (Å²) in [5.41, 5.74) is 3.02. The number of methoxy groups -OCH3 is 2. The van der Waals surface area contributed by atoms with Crippen LogP contribution in [0.2, 0.25) is 0 Å². The van der Waals surface area contributed by atoms with Gasteiger partial charge in [0.2, 0.25) is 5.66 Å². The zero-order valence-electron chi connectivity index (χ0n) is 36.3. The van der Waals surface area contributed by atoms with Gasteiger partial charge in [-0.1, -0.05) is 32.9 Å². The lowest BCUT2D eigenvalue weighted by atomic mass is 9.72. The first-order chi connectivity index (χ1) is 29.7. The molecule has 0 saturated carbocycles. The van der Waals surface area contributed by atoms with E-state index >= 15 is 17.6 Å². The second-order valence-corrected chi connectivity index (χ2v) is 17.4. The number of aliphatic hydroxyl groups is 2. The van der Waals surface area contributed by atoms with E-state index in [0.29, 0.717) is 63.7 Å². The van der Waals surface area contributed by atoms with Gasteiger partial charge >= 0.3 is 0 Å². The van der Waals surface area contributed by atoms with Crippen molar-refractivity contribution in [1.29, 1.82) is 0 Å². The molecule has 9 nitrogen and oxygen atoms in total. The fourth-order valence-electron chi connectivity index (χ4n) is 10.0. The lowest BCUT2D eigenvalue weighted by molar-refractivity contribution is -0.877. The van der Waals surface area contributed by atoms with Crippen molar-refractivity contribution in [2.75, 3.05) is 27.8 Å². The molecule has 3 aromatic carbocycles. The first-order valence-corrected chi connectivity index (χ1v) is 21.3. The van der Waals surface area contributed by atoms with Gasteiger partial charge in [-0.15, -0.1) is 18.6 Å². The van der Waals surface area contributed by atoms with Crippen LogP contribution < -0.4 is 14.9 Å². The number of ether oxygens (including phenoxy) is 2. The standard InChI is InChI=1S/C49H58F4N5O4/c1-9-29(10-2)12-17-42(47(59)33-18-20-54-40-15-13-31(61-7)22-35(33)40)57(6)25-38-43(50)45(52)39(46(53)44(38)51)27-58-26-30(11-3)37(28(4)5)24-49(58,56-58)48(60)34-19-21-55-41-16-14-32(62-8)23-36(34)41/h9,11,13-16,18-23,28-30,37,42,47-48,56,59-60H,1,3,10,12,17,24-27H2,2,4-8H3/q+1/t29-,30-,37?,42?,47?,48+,49-,58?/m0/s1. The van der Waals surface area contributed by atoms with Crippen LogP contribution >= 0.6 is 0 Å². The van der Waals surface area contributed by atoms with E-state index in [9.17, 15) is 10.2 Å². The van der Waals surface area contributed by atoms with Crippen molar-refractivity contribution < 1.29 is 41.8 Å². The number of nitrogens with one attached hydrogen (secondary N) is 1. The van der Waals surface area contributed by atoms with Crippen LogP contribution in [0.3, 0.4) is 0 Å². The summed E-state index contributed by atoms with van der Waals surface area (Å²) in [5.74, 6) is -4.74. The van der Waals surface area contributed by atoms with Gasteiger partial charge in [0.15, 0.2) is 29.4 Å². The Bertz CT molecular complexity index is 2440. The van der Waals surface area contributed by atoms with Crippen LogP contribution in [0, 0.1) is 46.9 Å². The molecule has 2 aromatic heterocycles. The van der Waals surface area contributed by atoms with Crippen LogP contribution in [-0.4, -0.2) is 69.2 Å². The van der Waals surface area contributed by atoms with Gasteiger partial charge in [0, 0.05) is 53.7 Å². The fourth-order valence-corrected chi connectivity index (χ4v) is 10.0. The van der Waals surface area contributed by atoms with Gasteiger partial charge in [-0.2, -0.15) is 0 Å². The van der Waals surface area contributed by atoms with Crippen molar-refractivity contribution in [3.05, 3.63) is 132 Å². The van der Waals surface area contributed by atoms with E-state index in [4.69, 9.17) is 9.47 Å². The number of hydrogen-bond acceptors (Lipinski definition) is 8. The molecule has 62 heavy (non-hydrogen) atoms. The summed E-state index contributed by atoms with van der Waals surface area (Å²) >= 11 is 0. The number of benzene rings is 3. The zero-order valence-corrected chi connectivity index (χ0v) is 36.3. The molecule has 330 valence electrons. The number of halogens is 4. The molecule has 8 atom stereocenters. The zero-order chi connectivity index (χ0) is 44.7. The van der Waals surface area contributed by atoms with Crippen molar-refractivity contribution in [2.45, 2.75) is 83.5 Å². The molecular formula is C49H58F4N5O4+. The molecule has 0 spiro atoms. The molecular weight excluding hydrogens is 799 g/mol. The number of quaternary nitrogens is 1. The summed E-state index contributed by atoms with van der Waals surface area (Å²) in [6.45, 7) is 13.4. The van der Waals surface area contributed by atoms with E-state index in [-0.39, 0.29) is 34.8 Å². The van der Waals surface area contributed by atoms with Crippen LogP contribution in [0.15, 0.2) is 86.2 Å². The molecule has 0 radical (unpaired) electrons. The molecule has 3 N–H and O–H groups in total. The molecule has 7 rings (SSSR count). The Morgan fingerprint density at radius 2 is 1.44 bits per heavy atom. The van der Waals surface area contributed by atoms with Gasteiger partial charge in [-0.3, -0.25) is 14.9 Å². The Morgan fingerprint density at radius 1 is 0.871 bits per heavy atom. The summed E-state index contributed by atoms with van der Waals surface area (Å²) in [5, 5.41) is 25.8. The van der Waals surface area contributed by atoms with Crippen molar-refractivity contribution in [3.63, 3.8) is 0 Å². The third-order valence-corrected chi connectivity index (χ3v) is 13.8. The quantitative estimate of drug-likeness (QED) is 0.0263. The van der Waals surface area contributed by atoms with Gasteiger partial charge in [0.25, 0.3) is 0 Å². The molecule has 0 aliphatic carbocycles. The van der Waals surface area contributed by atoms with Gasteiger partial charge in [-0.05, 0) is 104 Å². The maximum absolute atomic E-state index is 16.6. The van der Waals surface area contributed by atoms with Crippen LogP contribution in [0.1, 0.15) is 80.9 Å². The number of nitrogens with zero attached hydrogens (tertiary/aromatic N) is 4. The number of fused-ring (bicyclic) bond motifs is 3. The summed E-state index contributed by atoms with van der Waals surface area (Å²) in [6.07, 6.45) is 6.58. The van der Waals surface area contributed by atoms with E-state index in [2.05, 4.69) is 42.4 Å². The Kier molecular flexibility index (Phi) is 13.1. The second kappa shape index (κ2) is 18.1. The van der Waals surface area contributed by atoms with Gasteiger partial charge in [0.1, 0.15) is 24.6 Å². The monoisotopic (exact) mass is 856 g/mol. The Hall–Kier alpha value is -4.92. The van der Waals surface area contributed by atoms with E-state index < -0.39 is 71.4 Å². The number of rotatable bonds is 18. The SMILES string of the molecule is C=C[C@@H](CC)CCC(C(O)c1ccnc2ccc(OC)cc12)N(C)Cc1c(F)c(F)c(C[N+]23C[C@H](C=C)C(C(C)C)C[C@]2([C@H](O)c2ccnc4ccc(OC)cc24)N3)c(F)c1F. The van der Waals surface area contributed by atoms with Crippen molar-refractivity contribution in [3.8, 4) is 11.5 Å².